The Morgan fingerprint density at radius 1 is 0.636 bits per heavy atom. The molecule has 2 aliphatic heterocycles. The van der Waals surface area contributed by atoms with Crippen molar-refractivity contribution in [1.29, 1.82) is 0 Å². The molecule has 0 aromatic heterocycles. The number of nitrogens with zero attached hydrogens (tertiary/aromatic N) is 9. The second-order valence-electron chi connectivity index (χ2n) is 27.9. The lowest BCUT2D eigenvalue weighted by molar-refractivity contribution is -0.157. The lowest BCUT2D eigenvalue weighted by Crippen LogP contribution is -2.68. The lowest BCUT2D eigenvalue weighted by Gasteiger charge is -2.46. The molecular weight excluding hydrogens is 1330 g/mol. The smallest absolute Gasteiger partial charge is 0.343 e. The first-order chi connectivity index (χ1) is 46.4. The van der Waals surface area contributed by atoms with Crippen LogP contribution in [0.4, 0.5) is 13.2 Å². The Balaban J connectivity index is 1.44. The summed E-state index contributed by atoms with van der Waals surface area (Å²) in [5.41, 5.74) is -2.12. The summed E-state index contributed by atoms with van der Waals surface area (Å²) >= 11 is 12.9. The Hall–Kier alpha value is -7.55. The van der Waals surface area contributed by atoms with Crippen LogP contribution in [0.3, 0.4) is 0 Å². The van der Waals surface area contributed by atoms with Gasteiger partial charge in [0.1, 0.15) is 47.8 Å². The highest BCUT2D eigenvalue weighted by atomic mass is 35.5. The van der Waals surface area contributed by atoms with Crippen molar-refractivity contribution in [3.05, 3.63) is 69.2 Å². The molecule has 6 rings (SSSR count). The van der Waals surface area contributed by atoms with Crippen molar-refractivity contribution in [2.75, 3.05) is 89.1 Å². The van der Waals surface area contributed by atoms with Crippen molar-refractivity contribution in [2.24, 2.45) is 17.8 Å². The van der Waals surface area contributed by atoms with Crippen LogP contribution in [0.2, 0.25) is 10.0 Å². The maximum Gasteiger partial charge on any atom is 0.417 e. The molecule has 0 bridgehead atoms. The highest BCUT2D eigenvalue weighted by Crippen LogP contribution is 2.38. The lowest BCUT2D eigenvalue weighted by atomic mass is 9.74. The van der Waals surface area contributed by atoms with Gasteiger partial charge in [-0.3, -0.25) is 57.5 Å². The van der Waals surface area contributed by atoms with Gasteiger partial charge in [0.25, 0.3) is 0 Å². The van der Waals surface area contributed by atoms with Gasteiger partial charge in [-0.25, -0.2) is 0 Å². The third kappa shape index (κ3) is 20.1. The number of carbonyl (C=O) groups is 12. The van der Waals surface area contributed by atoms with Crippen molar-refractivity contribution >= 4 is 94.1 Å². The fourth-order valence-electron chi connectivity index (χ4n) is 13.5. The number of nitrogens with one attached hydrogen (secondary N) is 3. The molecule has 2 aromatic carbocycles. The number of rotatable bonds is 11. The molecule has 8 atom stereocenters. The normalized spacial score (nSPS) is 25.1. The molecule has 2 aromatic rings. The Morgan fingerprint density at radius 3 is 1.83 bits per heavy atom. The molecule has 1 spiro atoms. The molecule has 0 radical (unpaired) electrons. The first-order valence-electron chi connectivity index (χ1n) is 34.3. The van der Waals surface area contributed by atoms with Crippen LogP contribution in [-0.4, -0.2) is 252 Å². The molecular formula is C70H101Cl2F3N12O12. The second kappa shape index (κ2) is 35.2. The Labute approximate surface area is 589 Å². The SMILES string of the molecule is CC[C@H](C)[C@@H]1NC(=O)[C@H](C)N(C)C(=O)C[C@@H](C(=O)N2CCCC2)N(C)C(=O)[C@H](C(C)C)N(C)C(=O)C2(CCC2)NC(=O)[C@H](Cc2ccccc2Cl)N(C)C(=O)[C@H](CCc2ccc(C(F)(F)F)c(Cl)c2)NC(=O)CN(C)C(=O)[C@H](CC2CCCCC2)N(C)C(=O)CN(C)C(=O)CN(C)C1=O. The van der Waals surface area contributed by atoms with Crippen LogP contribution in [0.15, 0.2) is 42.5 Å². The quantitative estimate of drug-likeness (QED) is 0.254. The zero-order valence-corrected chi connectivity index (χ0v) is 61.0. The maximum atomic E-state index is 15.4. The summed E-state index contributed by atoms with van der Waals surface area (Å²) in [6, 6.07) is 0.188. The highest BCUT2D eigenvalue weighted by Gasteiger charge is 2.52. The van der Waals surface area contributed by atoms with E-state index < -0.39 is 173 Å². The molecule has 2 aliphatic carbocycles. The summed E-state index contributed by atoms with van der Waals surface area (Å²) in [5, 5.41) is 8.05. The Morgan fingerprint density at radius 2 is 1.25 bits per heavy atom. The van der Waals surface area contributed by atoms with Crippen molar-refractivity contribution in [2.45, 2.75) is 191 Å². The molecule has 2 saturated heterocycles. The van der Waals surface area contributed by atoms with E-state index in [0.29, 0.717) is 44.3 Å². The minimum absolute atomic E-state index is 0.00551. The van der Waals surface area contributed by atoms with E-state index in [1.165, 1.54) is 79.2 Å². The van der Waals surface area contributed by atoms with Gasteiger partial charge >= 0.3 is 6.18 Å². The van der Waals surface area contributed by atoms with E-state index in [-0.39, 0.29) is 55.0 Å². The molecule has 99 heavy (non-hydrogen) atoms. The van der Waals surface area contributed by atoms with Crippen LogP contribution in [-0.2, 0) is 76.6 Å². The van der Waals surface area contributed by atoms with E-state index in [1.54, 1.807) is 56.9 Å². The number of carbonyl (C=O) groups excluding carboxylic acids is 12. The van der Waals surface area contributed by atoms with E-state index in [0.717, 1.165) is 73.6 Å². The van der Waals surface area contributed by atoms with Crippen molar-refractivity contribution in [3.63, 3.8) is 0 Å². The summed E-state index contributed by atoms with van der Waals surface area (Å²) in [5.74, 6) is -9.76. The van der Waals surface area contributed by atoms with Crippen molar-refractivity contribution in [3.8, 4) is 0 Å². The summed E-state index contributed by atoms with van der Waals surface area (Å²) in [7, 11) is 10.9. The number of likely N-dealkylation sites (N-methyl/N-ethyl adjacent to an activating group) is 8. The topological polar surface area (TPSA) is 270 Å². The van der Waals surface area contributed by atoms with Crippen LogP contribution < -0.4 is 16.0 Å². The third-order valence-electron chi connectivity index (χ3n) is 20.5. The van der Waals surface area contributed by atoms with Crippen molar-refractivity contribution < 1.29 is 70.7 Å². The van der Waals surface area contributed by atoms with Crippen LogP contribution >= 0.6 is 23.2 Å². The first kappa shape index (κ1) is 80.4. The zero-order chi connectivity index (χ0) is 73.7. The number of aryl methyl sites for hydroxylation is 1. The predicted molar refractivity (Wildman–Crippen MR) is 366 cm³/mol. The largest absolute Gasteiger partial charge is 0.417 e. The van der Waals surface area contributed by atoms with E-state index in [4.69, 9.17) is 23.2 Å². The van der Waals surface area contributed by atoms with Gasteiger partial charge in [-0.15, -0.1) is 0 Å². The average Bonchev–Trinajstić information content (AvgIpc) is 0.996. The Kier molecular flexibility index (Phi) is 28.6. The minimum atomic E-state index is -4.79. The molecule has 4 aliphatic rings. The number of amides is 12. The molecule has 2 saturated carbocycles. The molecule has 24 nitrogen and oxygen atoms in total. The number of benzene rings is 2. The summed E-state index contributed by atoms with van der Waals surface area (Å²) in [6.45, 7) is 7.28. The third-order valence-corrected chi connectivity index (χ3v) is 21.2. The predicted octanol–water partition coefficient (Wildman–Crippen LogP) is 5.42. The number of likely N-dealkylation sites (tertiary alicyclic amines) is 1. The molecule has 548 valence electrons. The van der Waals surface area contributed by atoms with E-state index in [1.807, 2.05) is 0 Å². The fourth-order valence-corrected chi connectivity index (χ4v) is 14.0. The molecule has 4 fully saturated rings. The number of alkyl halides is 3. The first-order valence-corrected chi connectivity index (χ1v) is 35.1. The maximum absolute atomic E-state index is 15.4. The molecule has 2 heterocycles. The summed E-state index contributed by atoms with van der Waals surface area (Å²) in [4.78, 5) is 188. The van der Waals surface area contributed by atoms with Gasteiger partial charge in [-0.1, -0.05) is 114 Å². The summed E-state index contributed by atoms with van der Waals surface area (Å²) in [6.07, 6.45) is 0.694. The van der Waals surface area contributed by atoms with E-state index in [9.17, 15) is 51.5 Å². The zero-order valence-electron chi connectivity index (χ0n) is 59.5. The summed E-state index contributed by atoms with van der Waals surface area (Å²) < 4.78 is 41.7. The van der Waals surface area contributed by atoms with Crippen LogP contribution in [0.25, 0.3) is 0 Å². The average molecular weight is 1430 g/mol. The van der Waals surface area contributed by atoms with Crippen LogP contribution in [0.1, 0.15) is 141 Å². The molecule has 0 unspecified atom stereocenters. The number of halogens is 5. The fraction of sp³-hybridized carbons (Fsp3) is 0.657. The Bertz CT molecular complexity index is 3290. The van der Waals surface area contributed by atoms with E-state index >= 15 is 19.2 Å². The van der Waals surface area contributed by atoms with Crippen molar-refractivity contribution in [1.82, 2.24) is 60.0 Å². The van der Waals surface area contributed by atoms with Crippen LogP contribution in [0.5, 0.6) is 0 Å². The molecule has 3 N–H and O–H groups in total. The number of hydrogen-bond acceptors (Lipinski definition) is 12. The standard InChI is InChI=1S/C70H101Cl2F3N12O12/c1-14-43(4)59-66(97)81(8)40-57(90)79(6)41-58(91)83(10)53(36-45-23-16-15-17-24-45)64(95)80(7)39-55(88)76-51(30-28-46-27-29-48(50(72)35-46)70(73,74)75)63(94)84(11)52(37-47-25-18-19-26-49(47)71)62(93)78-69(31-22-32-69)68(99)86(13)60(42(2)3)67(98)85(12)54(65(96)87-33-20-21-34-87)38-56(89)82(9)44(5)61(92)77-59/h18-19,25-27,29,35,42-45,51-54,59-60H,14-17,20-24,28,30-34,36-41H2,1-13H3,(H,76,88)(H,77,92)(H,78,93)/t43-,44-,51-,52-,53-,54-,59-,60-/m0/s1. The van der Waals surface area contributed by atoms with Gasteiger partial charge in [0, 0.05) is 80.9 Å². The van der Waals surface area contributed by atoms with Crippen LogP contribution in [0, 0.1) is 17.8 Å². The molecule has 29 heteroatoms. The number of hydrogen-bond donors (Lipinski definition) is 3. The van der Waals surface area contributed by atoms with Gasteiger partial charge < -0.3 is 60.0 Å². The minimum Gasteiger partial charge on any atom is -0.343 e. The second-order valence-corrected chi connectivity index (χ2v) is 28.7. The van der Waals surface area contributed by atoms with Gasteiger partial charge in [0.15, 0.2) is 0 Å². The van der Waals surface area contributed by atoms with Gasteiger partial charge in [-0.05, 0) is 105 Å². The highest BCUT2D eigenvalue weighted by molar-refractivity contribution is 6.31. The monoisotopic (exact) mass is 1430 g/mol. The molecule has 12 amide bonds. The van der Waals surface area contributed by atoms with Gasteiger partial charge in [0.05, 0.1) is 36.6 Å². The van der Waals surface area contributed by atoms with Gasteiger partial charge in [-0.2, -0.15) is 13.2 Å². The van der Waals surface area contributed by atoms with Gasteiger partial charge in [0.2, 0.25) is 70.9 Å². The van der Waals surface area contributed by atoms with E-state index in [2.05, 4.69) is 16.0 Å².